The van der Waals surface area contributed by atoms with Crippen molar-refractivity contribution in [1.29, 1.82) is 0 Å². The van der Waals surface area contributed by atoms with E-state index in [1.54, 1.807) is 0 Å². The van der Waals surface area contributed by atoms with Gasteiger partial charge in [0.05, 0.1) is 6.61 Å². The molecule has 0 saturated carbocycles. The second-order valence-corrected chi connectivity index (χ2v) is 3.67. The van der Waals surface area contributed by atoms with Crippen LogP contribution in [0, 0.1) is 0 Å². The number of nitrogens with one attached hydrogen (secondary N) is 1. The molecule has 1 aromatic rings. The number of hydrogen-bond acceptors (Lipinski definition) is 2. The number of allylic oxidation sites excluding steroid dienone is 1. The summed E-state index contributed by atoms with van der Waals surface area (Å²) in [6.45, 7) is 2.73. The minimum Gasteiger partial charge on any atom is -0.470 e. The van der Waals surface area contributed by atoms with Crippen LogP contribution >= 0.6 is 12.2 Å². The van der Waals surface area contributed by atoms with E-state index in [4.69, 9.17) is 17.0 Å². The minimum atomic E-state index is 0.427. The van der Waals surface area contributed by atoms with E-state index in [9.17, 15) is 0 Å². The molecular weight excluding hydrogens is 218 g/mol. The Bertz CT molecular complexity index is 335. The molecule has 0 radical (unpaired) electrons. The van der Waals surface area contributed by atoms with Crippen LogP contribution in [0.5, 0.6) is 0 Å². The van der Waals surface area contributed by atoms with Gasteiger partial charge in [0.2, 0.25) is 0 Å². The number of benzene rings is 1. The molecule has 2 nitrogen and oxygen atoms in total. The fraction of sp³-hybridized carbons (Fsp3) is 0.308. The van der Waals surface area contributed by atoms with Crippen LogP contribution in [0.25, 0.3) is 0 Å². The quantitative estimate of drug-likeness (QED) is 0.477. The van der Waals surface area contributed by atoms with E-state index in [1.165, 1.54) is 0 Å². The van der Waals surface area contributed by atoms with E-state index in [0.717, 1.165) is 18.5 Å². The van der Waals surface area contributed by atoms with Crippen molar-refractivity contribution in [3.63, 3.8) is 0 Å². The largest absolute Gasteiger partial charge is 0.470 e. The number of para-hydroxylation sites is 1. The topological polar surface area (TPSA) is 21.3 Å². The summed E-state index contributed by atoms with van der Waals surface area (Å²) in [4.78, 5) is 0. The fourth-order valence-electron chi connectivity index (χ4n) is 1.18. The molecule has 0 aliphatic rings. The van der Waals surface area contributed by atoms with Crippen LogP contribution in [0.1, 0.15) is 19.8 Å². The number of rotatable bonds is 5. The Morgan fingerprint density at radius 3 is 2.75 bits per heavy atom. The van der Waals surface area contributed by atoms with Crippen LogP contribution in [0.4, 0.5) is 5.69 Å². The van der Waals surface area contributed by atoms with E-state index in [0.29, 0.717) is 11.8 Å². The van der Waals surface area contributed by atoms with Gasteiger partial charge in [-0.05, 0) is 37.2 Å². The van der Waals surface area contributed by atoms with Gasteiger partial charge in [-0.1, -0.05) is 37.3 Å². The summed E-state index contributed by atoms with van der Waals surface area (Å²) in [5, 5.41) is 3.44. The Labute approximate surface area is 102 Å². The highest BCUT2D eigenvalue weighted by Gasteiger charge is 1.96. The summed E-state index contributed by atoms with van der Waals surface area (Å²) in [6.07, 6.45) is 6.18. The normalized spacial score (nSPS) is 10.3. The van der Waals surface area contributed by atoms with Crippen molar-refractivity contribution in [2.45, 2.75) is 19.8 Å². The smallest absolute Gasteiger partial charge is 0.261 e. The molecule has 1 aromatic carbocycles. The van der Waals surface area contributed by atoms with E-state index in [1.807, 2.05) is 30.3 Å². The maximum Gasteiger partial charge on any atom is 0.261 e. The number of thiocarbonyl (C=S) groups is 1. The first-order valence-electron chi connectivity index (χ1n) is 5.46. The lowest BCUT2D eigenvalue weighted by atomic mass is 10.3. The highest BCUT2D eigenvalue weighted by Crippen LogP contribution is 2.05. The third kappa shape index (κ3) is 5.51. The maximum atomic E-state index is 5.36. The average molecular weight is 235 g/mol. The lowest BCUT2D eigenvalue weighted by molar-refractivity contribution is 0.319. The van der Waals surface area contributed by atoms with Gasteiger partial charge in [0, 0.05) is 5.69 Å². The Kier molecular flexibility index (Phi) is 6.26. The Balaban J connectivity index is 2.19. The second kappa shape index (κ2) is 7.88. The molecule has 0 fully saturated rings. The van der Waals surface area contributed by atoms with Crippen molar-refractivity contribution >= 4 is 23.1 Å². The maximum absolute atomic E-state index is 5.36. The summed E-state index contributed by atoms with van der Waals surface area (Å²) in [5.41, 5.74) is 0.955. The monoisotopic (exact) mass is 235 g/mol. The zero-order chi connectivity index (χ0) is 11.6. The van der Waals surface area contributed by atoms with Crippen molar-refractivity contribution in [2.24, 2.45) is 0 Å². The van der Waals surface area contributed by atoms with Crippen molar-refractivity contribution in [2.75, 3.05) is 11.9 Å². The molecule has 0 unspecified atom stereocenters. The molecule has 3 heteroatoms. The fourth-order valence-corrected chi connectivity index (χ4v) is 1.38. The summed E-state index contributed by atoms with van der Waals surface area (Å²) < 4.78 is 5.36. The third-order valence-corrected chi connectivity index (χ3v) is 2.16. The third-order valence-electron chi connectivity index (χ3n) is 1.94. The predicted octanol–water partition coefficient (Wildman–Crippen LogP) is 3.76. The highest BCUT2D eigenvalue weighted by molar-refractivity contribution is 7.80. The molecule has 0 aromatic heterocycles. The SMILES string of the molecule is CC/C=C\CCOC(=S)Nc1ccccc1. The lowest BCUT2D eigenvalue weighted by Gasteiger charge is -2.08. The Morgan fingerprint density at radius 2 is 2.06 bits per heavy atom. The van der Waals surface area contributed by atoms with Gasteiger partial charge in [-0.3, -0.25) is 0 Å². The predicted molar refractivity (Wildman–Crippen MR) is 72.7 cm³/mol. The van der Waals surface area contributed by atoms with Gasteiger partial charge in [-0.2, -0.15) is 0 Å². The van der Waals surface area contributed by atoms with Crippen LogP contribution < -0.4 is 5.32 Å². The van der Waals surface area contributed by atoms with Gasteiger partial charge in [0.15, 0.2) is 0 Å². The number of anilines is 1. The van der Waals surface area contributed by atoms with Crippen LogP contribution in [-0.2, 0) is 4.74 Å². The van der Waals surface area contributed by atoms with E-state index < -0.39 is 0 Å². The highest BCUT2D eigenvalue weighted by atomic mass is 32.1. The van der Waals surface area contributed by atoms with Crippen molar-refractivity contribution in [3.05, 3.63) is 42.5 Å². The number of hydrogen-bond donors (Lipinski definition) is 1. The van der Waals surface area contributed by atoms with E-state index in [-0.39, 0.29) is 0 Å². The standard InChI is InChI=1S/C13H17NOS/c1-2-3-4-8-11-15-13(16)14-12-9-6-5-7-10-12/h3-7,9-10H,2,8,11H2,1H3,(H,14,16)/b4-3-. The molecule has 0 aliphatic heterocycles. The zero-order valence-corrected chi connectivity index (χ0v) is 10.3. The van der Waals surface area contributed by atoms with Crippen molar-refractivity contribution < 1.29 is 4.74 Å². The molecule has 1 N–H and O–H groups in total. The number of ether oxygens (including phenoxy) is 1. The van der Waals surface area contributed by atoms with Crippen molar-refractivity contribution in [1.82, 2.24) is 0 Å². The molecule has 0 aliphatic carbocycles. The van der Waals surface area contributed by atoms with Gasteiger partial charge < -0.3 is 10.1 Å². The zero-order valence-electron chi connectivity index (χ0n) is 9.48. The molecule has 1 rings (SSSR count). The summed E-state index contributed by atoms with van der Waals surface area (Å²) in [5.74, 6) is 0. The van der Waals surface area contributed by atoms with Gasteiger partial charge in [-0.25, -0.2) is 0 Å². The van der Waals surface area contributed by atoms with Crippen LogP contribution in [0.3, 0.4) is 0 Å². The summed E-state index contributed by atoms with van der Waals surface area (Å²) >= 11 is 5.06. The first-order valence-corrected chi connectivity index (χ1v) is 5.87. The molecule has 0 bridgehead atoms. The first-order chi connectivity index (χ1) is 7.83. The molecular formula is C13H17NOS. The lowest BCUT2D eigenvalue weighted by Crippen LogP contribution is -2.13. The average Bonchev–Trinajstić information content (AvgIpc) is 2.30. The molecule has 0 amide bonds. The minimum absolute atomic E-state index is 0.427. The molecule has 0 saturated heterocycles. The molecule has 0 heterocycles. The molecule has 0 atom stereocenters. The second-order valence-electron chi connectivity index (χ2n) is 3.30. The Hall–Kier alpha value is -1.35. The molecule has 86 valence electrons. The van der Waals surface area contributed by atoms with E-state index in [2.05, 4.69) is 24.4 Å². The molecule has 16 heavy (non-hydrogen) atoms. The Morgan fingerprint density at radius 1 is 1.31 bits per heavy atom. The summed E-state index contributed by atoms with van der Waals surface area (Å²) in [7, 11) is 0. The van der Waals surface area contributed by atoms with Gasteiger partial charge in [-0.15, -0.1) is 0 Å². The van der Waals surface area contributed by atoms with Gasteiger partial charge in [0.25, 0.3) is 5.17 Å². The van der Waals surface area contributed by atoms with Crippen molar-refractivity contribution in [3.8, 4) is 0 Å². The van der Waals surface area contributed by atoms with Gasteiger partial charge in [0.1, 0.15) is 0 Å². The van der Waals surface area contributed by atoms with Gasteiger partial charge >= 0.3 is 0 Å². The van der Waals surface area contributed by atoms with Crippen LogP contribution in [-0.4, -0.2) is 11.8 Å². The first kappa shape index (κ1) is 12.7. The molecule has 0 spiro atoms. The van der Waals surface area contributed by atoms with Crippen LogP contribution in [0.15, 0.2) is 42.5 Å². The van der Waals surface area contributed by atoms with Crippen LogP contribution in [0.2, 0.25) is 0 Å². The van der Waals surface area contributed by atoms with E-state index >= 15 is 0 Å². The summed E-state index contributed by atoms with van der Waals surface area (Å²) in [6, 6.07) is 9.77.